The average Bonchev–Trinajstić information content (AvgIpc) is 3.37. The second kappa shape index (κ2) is 7.57. The van der Waals surface area contributed by atoms with Crippen LogP contribution in [0.4, 0.5) is 11.5 Å². The maximum absolute atomic E-state index is 12.7. The summed E-state index contributed by atoms with van der Waals surface area (Å²) in [6, 6.07) is 7.56. The number of nitrogens with zero attached hydrogens (tertiary/aromatic N) is 5. The molecule has 0 aromatic carbocycles. The molecule has 31 heavy (non-hydrogen) atoms. The fraction of sp³-hybridized carbons (Fsp3) is 0.227. The summed E-state index contributed by atoms with van der Waals surface area (Å²) in [6.45, 7) is 5.36. The molecule has 1 aliphatic heterocycles. The standard InChI is InChI=1S/C22H21N7O2/c1-13(26-19-6-8-29(28-19)22(2,3)12-23)20-14-9-16(25-11-17(14)27-21(20)30)15-10-24-7-5-18(15)31-4/h5-11H,1-4H3,(H,26,28)(H,27,30)/b20-13-. The van der Waals surface area contributed by atoms with Crippen LogP contribution >= 0.6 is 0 Å². The van der Waals surface area contributed by atoms with Gasteiger partial charge in [-0.3, -0.25) is 19.4 Å². The molecule has 1 aliphatic rings. The van der Waals surface area contributed by atoms with E-state index in [0.717, 1.165) is 11.1 Å². The molecule has 9 nitrogen and oxygen atoms in total. The minimum Gasteiger partial charge on any atom is -0.496 e. The Morgan fingerprint density at radius 2 is 2.10 bits per heavy atom. The Balaban J connectivity index is 1.72. The molecular formula is C22H21N7O2. The van der Waals surface area contributed by atoms with Crippen LogP contribution in [0.3, 0.4) is 0 Å². The predicted molar refractivity (Wildman–Crippen MR) is 116 cm³/mol. The fourth-order valence-corrected chi connectivity index (χ4v) is 3.35. The van der Waals surface area contributed by atoms with Crippen molar-refractivity contribution in [2.24, 2.45) is 0 Å². The van der Waals surface area contributed by atoms with E-state index in [4.69, 9.17) is 4.74 Å². The Bertz CT molecular complexity index is 1250. The first kappa shape index (κ1) is 20.1. The molecule has 156 valence electrons. The first-order chi connectivity index (χ1) is 14.8. The van der Waals surface area contributed by atoms with Crippen molar-refractivity contribution in [3.05, 3.63) is 54.2 Å². The van der Waals surface area contributed by atoms with Gasteiger partial charge >= 0.3 is 0 Å². The van der Waals surface area contributed by atoms with Gasteiger partial charge in [0.15, 0.2) is 5.82 Å². The van der Waals surface area contributed by atoms with Gasteiger partial charge in [-0.05, 0) is 32.9 Å². The quantitative estimate of drug-likeness (QED) is 0.613. The van der Waals surface area contributed by atoms with Crippen molar-refractivity contribution in [1.82, 2.24) is 19.7 Å². The molecule has 0 atom stereocenters. The Labute approximate surface area is 179 Å². The summed E-state index contributed by atoms with van der Waals surface area (Å²) in [5.74, 6) is 0.956. The van der Waals surface area contributed by atoms with Gasteiger partial charge < -0.3 is 15.4 Å². The monoisotopic (exact) mass is 415 g/mol. The summed E-state index contributed by atoms with van der Waals surface area (Å²) in [7, 11) is 1.59. The number of carbonyl (C=O) groups is 1. The highest BCUT2D eigenvalue weighted by Crippen LogP contribution is 2.37. The molecule has 0 radical (unpaired) electrons. The van der Waals surface area contributed by atoms with Crippen molar-refractivity contribution < 1.29 is 9.53 Å². The third kappa shape index (κ3) is 3.59. The van der Waals surface area contributed by atoms with Gasteiger partial charge in [-0.25, -0.2) is 0 Å². The lowest BCUT2D eigenvalue weighted by Gasteiger charge is -2.15. The molecule has 9 heteroatoms. The second-order valence-electron chi connectivity index (χ2n) is 7.59. The molecule has 0 fully saturated rings. The van der Waals surface area contributed by atoms with Crippen LogP contribution in [0.5, 0.6) is 5.75 Å². The van der Waals surface area contributed by atoms with Crippen molar-refractivity contribution >= 4 is 23.0 Å². The molecule has 3 aromatic rings. The summed E-state index contributed by atoms with van der Waals surface area (Å²) in [5.41, 5.74) is 3.08. The largest absolute Gasteiger partial charge is 0.496 e. The number of amides is 1. The van der Waals surface area contributed by atoms with Gasteiger partial charge in [-0.1, -0.05) is 0 Å². The van der Waals surface area contributed by atoms with Crippen molar-refractivity contribution in [2.75, 3.05) is 17.7 Å². The molecule has 0 saturated heterocycles. The number of hydrogen-bond donors (Lipinski definition) is 2. The Kier molecular flexibility index (Phi) is 4.91. The van der Waals surface area contributed by atoms with Gasteiger partial charge in [0.25, 0.3) is 5.91 Å². The smallest absolute Gasteiger partial charge is 0.258 e. The van der Waals surface area contributed by atoms with E-state index in [2.05, 4.69) is 31.8 Å². The zero-order valence-electron chi connectivity index (χ0n) is 17.6. The minimum atomic E-state index is -0.776. The van der Waals surface area contributed by atoms with E-state index < -0.39 is 5.54 Å². The van der Waals surface area contributed by atoms with Crippen molar-refractivity contribution in [1.29, 1.82) is 5.26 Å². The van der Waals surface area contributed by atoms with Crippen LogP contribution < -0.4 is 15.4 Å². The van der Waals surface area contributed by atoms with Gasteiger partial charge in [0, 0.05) is 35.9 Å². The van der Waals surface area contributed by atoms with E-state index in [1.54, 1.807) is 62.6 Å². The average molecular weight is 415 g/mol. The van der Waals surface area contributed by atoms with Crippen LogP contribution in [0.2, 0.25) is 0 Å². The molecule has 0 saturated carbocycles. The van der Waals surface area contributed by atoms with Crippen molar-refractivity contribution in [2.45, 2.75) is 26.3 Å². The number of fused-ring (bicyclic) bond motifs is 1. The molecule has 2 N–H and O–H groups in total. The number of carbonyl (C=O) groups excluding carboxylic acids is 1. The van der Waals surface area contributed by atoms with Crippen LogP contribution in [-0.2, 0) is 10.3 Å². The number of allylic oxidation sites excluding steroid dienone is 1. The summed E-state index contributed by atoms with van der Waals surface area (Å²) in [6.07, 6.45) is 6.67. The van der Waals surface area contributed by atoms with Crippen LogP contribution in [0, 0.1) is 11.3 Å². The normalized spacial score (nSPS) is 14.5. The van der Waals surface area contributed by atoms with E-state index >= 15 is 0 Å². The number of rotatable bonds is 5. The van der Waals surface area contributed by atoms with E-state index in [0.29, 0.717) is 34.2 Å². The molecular weight excluding hydrogens is 394 g/mol. The van der Waals surface area contributed by atoms with Crippen LogP contribution in [0.1, 0.15) is 26.3 Å². The number of ether oxygens (including phenoxy) is 1. The lowest BCUT2D eigenvalue weighted by atomic mass is 10.0. The maximum atomic E-state index is 12.7. The molecule has 0 spiro atoms. The fourth-order valence-electron chi connectivity index (χ4n) is 3.35. The lowest BCUT2D eigenvalue weighted by molar-refractivity contribution is -0.110. The summed E-state index contributed by atoms with van der Waals surface area (Å²) >= 11 is 0. The molecule has 4 rings (SSSR count). The number of methoxy groups -OCH3 is 1. The highest BCUT2D eigenvalue weighted by molar-refractivity contribution is 6.32. The number of aromatic nitrogens is 4. The van der Waals surface area contributed by atoms with Crippen molar-refractivity contribution in [3.8, 4) is 23.1 Å². The van der Waals surface area contributed by atoms with E-state index in [1.807, 2.05) is 13.0 Å². The lowest BCUT2D eigenvalue weighted by Crippen LogP contribution is -2.24. The van der Waals surface area contributed by atoms with Crippen LogP contribution in [0.25, 0.3) is 16.8 Å². The molecule has 4 heterocycles. The zero-order valence-corrected chi connectivity index (χ0v) is 17.6. The van der Waals surface area contributed by atoms with E-state index in [9.17, 15) is 10.1 Å². The minimum absolute atomic E-state index is 0.228. The summed E-state index contributed by atoms with van der Waals surface area (Å²) < 4.78 is 6.99. The first-order valence-corrected chi connectivity index (χ1v) is 9.59. The van der Waals surface area contributed by atoms with Gasteiger partial charge in [-0.15, -0.1) is 0 Å². The molecule has 0 aliphatic carbocycles. The highest BCUT2D eigenvalue weighted by atomic mass is 16.5. The first-order valence-electron chi connectivity index (χ1n) is 9.59. The molecule has 1 amide bonds. The molecule has 3 aromatic heterocycles. The third-order valence-electron chi connectivity index (χ3n) is 5.05. The van der Waals surface area contributed by atoms with Crippen LogP contribution in [-0.4, -0.2) is 32.8 Å². The Morgan fingerprint density at radius 3 is 2.84 bits per heavy atom. The predicted octanol–water partition coefficient (Wildman–Crippen LogP) is 3.40. The summed E-state index contributed by atoms with van der Waals surface area (Å²) in [4.78, 5) is 21.3. The second-order valence-corrected chi connectivity index (χ2v) is 7.59. The highest BCUT2D eigenvalue weighted by Gasteiger charge is 2.28. The number of nitrogens with one attached hydrogen (secondary N) is 2. The zero-order chi connectivity index (χ0) is 22.2. The summed E-state index contributed by atoms with van der Waals surface area (Å²) in [5, 5.41) is 19.7. The van der Waals surface area contributed by atoms with Crippen molar-refractivity contribution in [3.63, 3.8) is 0 Å². The van der Waals surface area contributed by atoms with E-state index in [1.165, 1.54) is 0 Å². The molecule has 0 unspecified atom stereocenters. The topological polar surface area (TPSA) is 118 Å². The maximum Gasteiger partial charge on any atom is 0.258 e. The number of pyridine rings is 2. The SMILES string of the molecule is COc1ccncc1-c1cc2c(cn1)NC(=O)/C2=C(/C)Nc1ccn(C(C)(C)C#N)n1. The van der Waals surface area contributed by atoms with Gasteiger partial charge in [0.2, 0.25) is 0 Å². The molecule has 0 bridgehead atoms. The Morgan fingerprint density at radius 1 is 1.29 bits per heavy atom. The van der Waals surface area contributed by atoms with E-state index in [-0.39, 0.29) is 5.91 Å². The number of anilines is 2. The van der Waals surface area contributed by atoms with Crippen LogP contribution in [0.15, 0.2) is 48.7 Å². The third-order valence-corrected chi connectivity index (χ3v) is 5.05. The van der Waals surface area contributed by atoms with Gasteiger partial charge in [0.05, 0.1) is 41.9 Å². The number of hydrogen-bond acceptors (Lipinski definition) is 7. The van der Waals surface area contributed by atoms with Gasteiger partial charge in [0.1, 0.15) is 11.3 Å². The number of nitriles is 1. The van der Waals surface area contributed by atoms with Gasteiger partial charge in [-0.2, -0.15) is 10.4 Å². The Hall–Kier alpha value is -4.19.